The van der Waals surface area contributed by atoms with Gasteiger partial charge in [0.05, 0.1) is 12.1 Å². The van der Waals surface area contributed by atoms with Gasteiger partial charge < -0.3 is 14.9 Å². The zero-order valence-corrected chi connectivity index (χ0v) is 16.0. The molecule has 0 radical (unpaired) electrons. The minimum Gasteiger partial charge on any atom is -0.391 e. The molecule has 28 heavy (non-hydrogen) atoms. The third-order valence-electron chi connectivity index (χ3n) is 6.68. The highest BCUT2D eigenvalue weighted by atomic mass is 16.3. The Kier molecular flexibility index (Phi) is 4.55. The molecule has 7 nitrogen and oxygen atoms in total. The van der Waals surface area contributed by atoms with Crippen molar-refractivity contribution in [2.24, 2.45) is 11.8 Å². The van der Waals surface area contributed by atoms with Crippen molar-refractivity contribution in [3.8, 4) is 0 Å². The Balaban J connectivity index is 1.31. The lowest BCUT2D eigenvalue weighted by Gasteiger charge is -2.35. The predicted octanol–water partition coefficient (Wildman–Crippen LogP) is 1.96. The van der Waals surface area contributed by atoms with Crippen molar-refractivity contribution in [2.45, 2.75) is 37.8 Å². The Morgan fingerprint density at radius 3 is 2.64 bits per heavy atom. The molecule has 2 aromatic rings. The largest absolute Gasteiger partial charge is 0.391 e. The van der Waals surface area contributed by atoms with Gasteiger partial charge in [0.25, 0.3) is 5.91 Å². The summed E-state index contributed by atoms with van der Waals surface area (Å²) < 4.78 is 1.90. The van der Waals surface area contributed by atoms with Crippen LogP contribution in [0.4, 0.5) is 5.82 Å². The van der Waals surface area contributed by atoms with Crippen LogP contribution in [0.25, 0.3) is 0 Å². The van der Waals surface area contributed by atoms with Crippen LogP contribution in [0.3, 0.4) is 0 Å². The maximum absolute atomic E-state index is 12.7. The highest BCUT2D eigenvalue weighted by Crippen LogP contribution is 2.42. The number of likely N-dealkylation sites (tertiary alicyclic amines) is 1. The number of fused-ring (bicyclic) bond motifs is 1. The first-order chi connectivity index (χ1) is 13.7. The molecule has 4 atom stereocenters. The summed E-state index contributed by atoms with van der Waals surface area (Å²) in [4.78, 5) is 21.5. The van der Waals surface area contributed by atoms with E-state index in [0.29, 0.717) is 11.8 Å². The average Bonchev–Trinajstić information content (AvgIpc) is 3.47. The van der Waals surface area contributed by atoms with Crippen LogP contribution >= 0.6 is 0 Å². The lowest BCUT2D eigenvalue weighted by atomic mass is 9.77. The molecule has 1 N–H and O–H groups in total. The molecular weight excluding hydrogens is 354 g/mol. The van der Waals surface area contributed by atoms with E-state index in [4.69, 9.17) is 0 Å². The molecular formula is C21H27N5O2. The van der Waals surface area contributed by atoms with E-state index >= 15 is 0 Å². The van der Waals surface area contributed by atoms with Gasteiger partial charge >= 0.3 is 0 Å². The second-order valence-electron chi connectivity index (χ2n) is 8.42. The van der Waals surface area contributed by atoms with E-state index < -0.39 is 0 Å². The van der Waals surface area contributed by atoms with Gasteiger partial charge in [-0.3, -0.25) is 9.48 Å². The van der Waals surface area contributed by atoms with Gasteiger partial charge in [-0.2, -0.15) is 5.10 Å². The van der Waals surface area contributed by atoms with Crippen molar-refractivity contribution >= 4 is 11.7 Å². The van der Waals surface area contributed by atoms with Gasteiger partial charge in [-0.05, 0) is 55.7 Å². The van der Waals surface area contributed by atoms with Gasteiger partial charge in [0, 0.05) is 50.3 Å². The molecule has 4 heterocycles. The summed E-state index contributed by atoms with van der Waals surface area (Å²) >= 11 is 0. The second kappa shape index (κ2) is 7.20. The Morgan fingerprint density at radius 2 is 1.89 bits per heavy atom. The van der Waals surface area contributed by atoms with Gasteiger partial charge in [-0.25, -0.2) is 4.98 Å². The number of hydrogen-bond donors (Lipinski definition) is 1. The number of aliphatic hydroxyl groups excluding tert-OH is 1. The standard InChI is InChI=1S/C21H27N5O2/c27-19-11-17-14-25(13-16(17)10-18(19)26-9-3-5-23-26)20-12-15(4-6-22-20)21(28)24-7-1-2-8-24/h3-6,9,12,16-19,27H,1-2,7-8,10-11,13-14H2/t16-,17+,18-,19-/m1/s1. The average molecular weight is 381 g/mol. The van der Waals surface area contributed by atoms with Crippen LogP contribution in [0.5, 0.6) is 0 Å². The molecule has 0 bridgehead atoms. The topological polar surface area (TPSA) is 74.5 Å². The number of carbonyl (C=O) groups excluding carboxylic acids is 1. The molecule has 148 valence electrons. The fraction of sp³-hybridized carbons (Fsp3) is 0.571. The van der Waals surface area contributed by atoms with E-state index in [0.717, 1.165) is 63.2 Å². The quantitative estimate of drug-likeness (QED) is 0.880. The van der Waals surface area contributed by atoms with Crippen molar-refractivity contribution in [3.05, 3.63) is 42.4 Å². The molecule has 7 heteroatoms. The summed E-state index contributed by atoms with van der Waals surface area (Å²) in [5.41, 5.74) is 0.733. The normalized spacial score (nSPS) is 29.9. The monoisotopic (exact) mass is 381 g/mol. The predicted molar refractivity (Wildman–Crippen MR) is 105 cm³/mol. The summed E-state index contributed by atoms with van der Waals surface area (Å²) in [6, 6.07) is 5.73. The molecule has 1 amide bonds. The molecule has 1 aliphatic carbocycles. The SMILES string of the molecule is O=C(c1ccnc(N2C[C@H]3C[C@@H](n4cccn4)[C@H](O)C[C@H]3C2)c1)N1CCCC1. The molecule has 0 aromatic carbocycles. The third kappa shape index (κ3) is 3.17. The van der Waals surface area contributed by atoms with Gasteiger partial charge in [0.1, 0.15) is 5.82 Å². The number of carbonyl (C=O) groups is 1. The van der Waals surface area contributed by atoms with Crippen molar-refractivity contribution < 1.29 is 9.90 Å². The van der Waals surface area contributed by atoms with E-state index in [1.165, 1.54) is 0 Å². The number of hydrogen-bond acceptors (Lipinski definition) is 5. The first-order valence-corrected chi connectivity index (χ1v) is 10.4. The molecule has 1 saturated carbocycles. The fourth-order valence-corrected chi connectivity index (χ4v) is 5.18. The first kappa shape index (κ1) is 17.7. The van der Waals surface area contributed by atoms with Crippen LogP contribution in [0.2, 0.25) is 0 Å². The third-order valence-corrected chi connectivity index (χ3v) is 6.68. The van der Waals surface area contributed by atoms with Gasteiger partial charge in [0.2, 0.25) is 0 Å². The molecule has 0 unspecified atom stereocenters. The Morgan fingerprint density at radius 1 is 1.11 bits per heavy atom. The zero-order chi connectivity index (χ0) is 19.1. The molecule has 2 saturated heterocycles. The molecule has 2 aliphatic heterocycles. The Bertz CT molecular complexity index is 833. The molecule has 2 aromatic heterocycles. The Hall–Kier alpha value is -2.41. The van der Waals surface area contributed by atoms with Crippen LogP contribution in [0, 0.1) is 11.8 Å². The summed E-state index contributed by atoms with van der Waals surface area (Å²) in [6.45, 7) is 3.53. The summed E-state index contributed by atoms with van der Waals surface area (Å²) in [5.74, 6) is 1.97. The molecule has 0 spiro atoms. The van der Waals surface area contributed by atoms with Crippen molar-refractivity contribution in [2.75, 3.05) is 31.1 Å². The molecule has 3 aliphatic rings. The number of anilines is 1. The van der Waals surface area contributed by atoms with Crippen molar-refractivity contribution in [1.82, 2.24) is 19.7 Å². The van der Waals surface area contributed by atoms with Crippen LogP contribution in [-0.4, -0.2) is 63.0 Å². The number of amides is 1. The van der Waals surface area contributed by atoms with E-state index in [1.54, 1.807) is 12.4 Å². The molecule has 5 rings (SSSR count). The number of rotatable bonds is 3. The zero-order valence-electron chi connectivity index (χ0n) is 16.0. The highest BCUT2D eigenvalue weighted by Gasteiger charge is 2.43. The summed E-state index contributed by atoms with van der Waals surface area (Å²) in [7, 11) is 0. The number of pyridine rings is 1. The minimum atomic E-state index is -0.364. The van der Waals surface area contributed by atoms with E-state index in [2.05, 4.69) is 15.0 Å². The van der Waals surface area contributed by atoms with Gasteiger partial charge in [-0.1, -0.05) is 0 Å². The number of nitrogens with zero attached hydrogens (tertiary/aromatic N) is 5. The lowest BCUT2D eigenvalue weighted by Crippen LogP contribution is -2.36. The van der Waals surface area contributed by atoms with E-state index in [-0.39, 0.29) is 18.1 Å². The smallest absolute Gasteiger partial charge is 0.254 e. The van der Waals surface area contributed by atoms with Crippen LogP contribution in [0.1, 0.15) is 42.1 Å². The number of aromatic nitrogens is 3. The second-order valence-corrected chi connectivity index (χ2v) is 8.42. The van der Waals surface area contributed by atoms with E-state index in [1.807, 2.05) is 34.0 Å². The highest BCUT2D eigenvalue weighted by molar-refractivity contribution is 5.95. The van der Waals surface area contributed by atoms with Crippen LogP contribution in [-0.2, 0) is 0 Å². The minimum absolute atomic E-state index is 0.0484. The van der Waals surface area contributed by atoms with E-state index in [9.17, 15) is 9.90 Å². The number of aliphatic hydroxyl groups is 1. The van der Waals surface area contributed by atoms with Crippen molar-refractivity contribution in [1.29, 1.82) is 0 Å². The maximum Gasteiger partial charge on any atom is 0.254 e. The van der Waals surface area contributed by atoms with Crippen molar-refractivity contribution in [3.63, 3.8) is 0 Å². The summed E-state index contributed by atoms with van der Waals surface area (Å²) in [6.07, 6.45) is 9.01. The van der Waals surface area contributed by atoms with Gasteiger partial charge in [-0.15, -0.1) is 0 Å². The fourth-order valence-electron chi connectivity index (χ4n) is 5.18. The maximum atomic E-state index is 12.7. The summed E-state index contributed by atoms with van der Waals surface area (Å²) in [5, 5.41) is 15.0. The van der Waals surface area contributed by atoms with Gasteiger partial charge in [0.15, 0.2) is 0 Å². The first-order valence-electron chi connectivity index (χ1n) is 10.4. The van der Waals surface area contributed by atoms with Crippen LogP contribution in [0.15, 0.2) is 36.8 Å². The Labute approximate surface area is 165 Å². The lowest BCUT2D eigenvalue weighted by molar-refractivity contribution is 0.0306. The molecule has 3 fully saturated rings. The van der Waals surface area contributed by atoms with Crippen LogP contribution < -0.4 is 4.90 Å².